The number of hydrogen-bond acceptors (Lipinski definition) is 5. The highest BCUT2D eigenvalue weighted by Crippen LogP contribution is 2.18. The molecule has 0 aliphatic carbocycles. The van der Waals surface area contributed by atoms with Gasteiger partial charge in [0.1, 0.15) is 0 Å². The van der Waals surface area contributed by atoms with Gasteiger partial charge in [-0.05, 0) is 52.9 Å². The van der Waals surface area contributed by atoms with E-state index in [0.717, 1.165) is 31.6 Å². The highest BCUT2D eigenvalue weighted by molar-refractivity contribution is 7.89. The lowest BCUT2D eigenvalue weighted by Crippen LogP contribution is -2.37. The highest BCUT2D eigenvalue weighted by Gasteiger charge is 2.25. The van der Waals surface area contributed by atoms with E-state index in [1.165, 1.54) is 0 Å². The fourth-order valence-corrected chi connectivity index (χ4v) is 3.91. The summed E-state index contributed by atoms with van der Waals surface area (Å²) in [4.78, 5) is 2.27. The fourth-order valence-electron chi connectivity index (χ4n) is 2.60. The van der Waals surface area contributed by atoms with E-state index in [9.17, 15) is 8.42 Å². The van der Waals surface area contributed by atoms with Crippen LogP contribution in [0.3, 0.4) is 0 Å². The summed E-state index contributed by atoms with van der Waals surface area (Å²) in [6.45, 7) is 4.85. The van der Waals surface area contributed by atoms with Crippen LogP contribution in [-0.4, -0.2) is 57.2 Å². The van der Waals surface area contributed by atoms with E-state index in [1.54, 1.807) is 7.05 Å². The van der Waals surface area contributed by atoms with Crippen LogP contribution in [0.15, 0.2) is 5.03 Å². The molecule has 0 amide bonds. The molecule has 120 valence electrons. The minimum absolute atomic E-state index is 0.113. The van der Waals surface area contributed by atoms with Crippen LogP contribution >= 0.6 is 0 Å². The normalized spacial score (nSPS) is 18.2. The van der Waals surface area contributed by atoms with Crippen molar-refractivity contribution in [1.29, 1.82) is 0 Å². The van der Waals surface area contributed by atoms with Crippen LogP contribution < -0.4 is 10.0 Å². The van der Waals surface area contributed by atoms with Crippen molar-refractivity contribution in [2.75, 3.05) is 33.7 Å². The Bertz CT molecular complexity index is 561. The van der Waals surface area contributed by atoms with Crippen molar-refractivity contribution in [3.05, 3.63) is 11.3 Å². The molecule has 0 radical (unpaired) electrons. The van der Waals surface area contributed by atoms with Crippen molar-refractivity contribution >= 4 is 10.0 Å². The number of nitrogens with one attached hydrogen (secondary N) is 3. The molecule has 8 heteroatoms. The lowest BCUT2D eigenvalue weighted by molar-refractivity contribution is 0.220. The van der Waals surface area contributed by atoms with E-state index >= 15 is 0 Å². The number of H-pyrrole nitrogens is 1. The third-order valence-corrected chi connectivity index (χ3v) is 5.44. The largest absolute Gasteiger partial charge is 0.316 e. The number of aromatic amines is 1. The molecule has 0 bridgehead atoms. The molecule has 7 nitrogen and oxygen atoms in total. The van der Waals surface area contributed by atoms with Gasteiger partial charge in [0.15, 0.2) is 5.03 Å². The summed E-state index contributed by atoms with van der Waals surface area (Å²) in [6.07, 6.45) is 2.06. The molecule has 0 atom stereocenters. The number of aryl methyl sites for hydroxylation is 1. The van der Waals surface area contributed by atoms with E-state index in [1.807, 2.05) is 6.92 Å². The zero-order valence-corrected chi connectivity index (χ0v) is 13.8. The number of sulfonamides is 1. The molecule has 2 heterocycles. The van der Waals surface area contributed by atoms with E-state index in [4.69, 9.17) is 0 Å². The van der Waals surface area contributed by atoms with Gasteiger partial charge in [0.05, 0.1) is 0 Å². The molecule has 1 aromatic rings. The van der Waals surface area contributed by atoms with Gasteiger partial charge in [-0.1, -0.05) is 0 Å². The number of likely N-dealkylation sites (tertiary alicyclic amines) is 1. The number of nitrogens with zero attached hydrogens (tertiary/aromatic N) is 2. The number of piperidine rings is 1. The van der Waals surface area contributed by atoms with Crippen molar-refractivity contribution in [3.63, 3.8) is 0 Å². The third-order valence-electron chi connectivity index (χ3n) is 4.04. The third kappa shape index (κ3) is 4.03. The van der Waals surface area contributed by atoms with Crippen LogP contribution in [0, 0.1) is 12.8 Å². The van der Waals surface area contributed by atoms with Crippen LogP contribution in [0.4, 0.5) is 0 Å². The van der Waals surface area contributed by atoms with Crippen LogP contribution in [0.5, 0.6) is 0 Å². The Balaban J connectivity index is 2.02. The number of hydrogen-bond donors (Lipinski definition) is 3. The first-order chi connectivity index (χ1) is 9.94. The lowest BCUT2D eigenvalue weighted by Gasteiger charge is -2.28. The van der Waals surface area contributed by atoms with Gasteiger partial charge in [-0.25, -0.2) is 13.1 Å². The fraction of sp³-hybridized carbons (Fsp3) is 0.769. The molecule has 0 unspecified atom stereocenters. The predicted molar refractivity (Wildman–Crippen MR) is 81.5 cm³/mol. The van der Waals surface area contributed by atoms with Gasteiger partial charge >= 0.3 is 0 Å². The lowest BCUT2D eigenvalue weighted by atomic mass is 9.98. The molecule has 1 saturated heterocycles. The van der Waals surface area contributed by atoms with E-state index in [2.05, 4.69) is 32.2 Å². The minimum Gasteiger partial charge on any atom is -0.316 e. The van der Waals surface area contributed by atoms with Crippen LogP contribution in [0.1, 0.15) is 24.1 Å². The Morgan fingerprint density at radius 3 is 2.67 bits per heavy atom. The first-order valence-corrected chi connectivity index (χ1v) is 8.79. The summed E-state index contributed by atoms with van der Waals surface area (Å²) >= 11 is 0. The molecule has 3 N–H and O–H groups in total. The van der Waals surface area contributed by atoms with Crippen molar-refractivity contribution in [2.45, 2.75) is 31.3 Å². The standard InChI is InChI=1S/C13H25N5O2S/c1-10-12(9-14-2)13(17-16-10)21(19,20)15-8-11-4-6-18(3)7-5-11/h11,14-15H,4-9H2,1-3H3,(H,16,17). The molecule has 1 aliphatic heterocycles. The van der Waals surface area contributed by atoms with Gasteiger partial charge in [-0.3, -0.25) is 5.10 Å². The molecule has 2 rings (SSSR count). The van der Waals surface area contributed by atoms with Gasteiger partial charge in [0.25, 0.3) is 10.0 Å². The monoisotopic (exact) mass is 315 g/mol. The number of rotatable bonds is 6. The second-order valence-electron chi connectivity index (χ2n) is 5.76. The SMILES string of the molecule is CNCc1c(S(=O)(=O)NCC2CCN(C)CC2)n[nH]c1C. The average Bonchev–Trinajstić information content (AvgIpc) is 2.81. The van der Waals surface area contributed by atoms with Gasteiger partial charge in [0, 0.05) is 24.3 Å². The van der Waals surface area contributed by atoms with Crippen LogP contribution in [0.25, 0.3) is 0 Å². The summed E-state index contributed by atoms with van der Waals surface area (Å²) in [5.74, 6) is 0.406. The Hall–Kier alpha value is -0.960. The Morgan fingerprint density at radius 1 is 1.38 bits per heavy atom. The molecular weight excluding hydrogens is 290 g/mol. The average molecular weight is 315 g/mol. The van der Waals surface area contributed by atoms with Gasteiger partial charge in [-0.15, -0.1) is 0 Å². The molecular formula is C13H25N5O2S. The van der Waals surface area contributed by atoms with Crippen LogP contribution in [-0.2, 0) is 16.6 Å². The Morgan fingerprint density at radius 2 is 2.05 bits per heavy atom. The summed E-state index contributed by atoms with van der Waals surface area (Å²) in [7, 11) is 0.330. The van der Waals surface area contributed by atoms with Crippen molar-refractivity contribution in [2.24, 2.45) is 5.92 Å². The van der Waals surface area contributed by atoms with E-state index in [-0.39, 0.29) is 5.03 Å². The highest BCUT2D eigenvalue weighted by atomic mass is 32.2. The first-order valence-electron chi connectivity index (χ1n) is 7.30. The van der Waals surface area contributed by atoms with Gasteiger partial charge < -0.3 is 10.2 Å². The zero-order chi connectivity index (χ0) is 15.5. The Kier molecular flexibility index (Phi) is 5.37. The maximum absolute atomic E-state index is 12.4. The zero-order valence-electron chi connectivity index (χ0n) is 12.9. The van der Waals surface area contributed by atoms with E-state index in [0.29, 0.717) is 24.6 Å². The summed E-state index contributed by atoms with van der Waals surface area (Å²) in [6, 6.07) is 0. The molecule has 21 heavy (non-hydrogen) atoms. The molecule has 1 aromatic heterocycles. The topological polar surface area (TPSA) is 90.1 Å². The summed E-state index contributed by atoms with van der Waals surface area (Å²) in [5.41, 5.74) is 1.48. The molecule has 1 aliphatic rings. The molecule has 0 saturated carbocycles. The molecule has 1 fully saturated rings. The van der Waals surface area contributed by atoms with Gasteiger partial charge in [0.2, 0.25) is 0 Å². The second kappa shape index (κ2) is 6.87. The maximum Gasteiger partial charge on any atom is 0.260 e. The van der Waals surface area contributed by atoms with Crippen molar-refractivity contribution in [3.8, 4) is 0 Å². The quantitative estimate of drug-likeness (QED) is 0.690. The molecule has 0 spiro atoms. The van der Waals surface area contributed by atoms with Crippen molar-refractivity contribution < 1.29 is 8.42 Å². The van der Waals surface area contributed by atoms with E-state index < -0.39 is 10.0 Å². The predicted octanol–water partition coefficient (Wildman–Crippen LogP) is 0.0576. The molecule has 0 aromatic carbocycles. The maximum atomic E-state index is 12.4. The summed E-state index contributed by atoms with van der Waals surface area (Å²) < 4.78 is 27.5. The van der Waals surface area contributed by atoms with Gasteiger partial charge in [-0.2, -0.15) is 5.10 Å². The number of aromatic nitrogens is 2. The first kappa shape index (κ1) is 16.4. The van der Waals surface area contributed by atoms with Crippen molar-refractivity contribution in [1.82, 2.24) is 25.1 Å². The second-order valence-corrected chi connectivity index (χ2v) is 7.44. The Labute approximate surface area is 126 Å². The smallest absolute Gasteiger partial charge is 0.260 e. The summed E-state index contributed by atoms with van der Waals surface area (Å²) in [5, 5.41) is 9.80. The van der Waals surface area contributed by atoms with Crippen LogP contribution in [0.2, 0.25) is 0 Å². The minimum atomic E-state index is -3.55.